The molecule has 1 atom stereocenters. The van der Waals surface area contributed by atoms with Crippen LogP contribution in [0.3, 0.4) is 0 Å². The predicted molar refractivity (Wildman–Crippen MR) is 20.5 cm³/mol. The average molecular weight is 148 g/mol. The van der Waals surface area contributed by atoms with Crippen LogP contribution in [-0.2, 0) is 13.3 Å². The van der Waals surface area contributed by atoms with E-state index in [1.54, 1.807) is 0 Å². The minimum atomic E-state index is -4.33. The van der Waals surface area contributed by atoms with Gasteiger partial charge in [-0.15, -0.1) is 4.67 Å². The third-order valence-corrected chi connectivity index (χ3v) is 1.09. The van der Waals surface area contributed by atoms with E-state index < -0.39 is 7.82 Å². The summed E-state index contributed by atoms with van der Waals surface area (Å²) in [6.45, 7) is 0. The summed E-state index contributed by atoms with van der Waals surface area (Å²) in [6, 6.07) is 0. The van der Waals surface area contributed by atoms with E-state index in [9.17, 15) is 4.57 Å². The number of phosphoric acid groups is 1. The van der Waals surface area contributed by atoms with Crippen LogP contribution in [0.5, 0.6) is 0 Å². The van der Waals surface area contributed by atoms with Crippen molar-refractivity contribution in [1.82, 2.24) is 0 Å². The molecule has 0 aliphatic heterocycles. The van der Waals surface area contributed by atoms with Crippen LogP contribution in [-0.4, -0.2) is 10.2 Å². The second-order valence-corrected chi connectivity index (χ2v) is 2.27. The van der Waals surface area contributed by atoms with Gasteiger partial charge in [0.05, 0.1) is 11.9 Å². The lowest BCUT2D eigenvalue weighted by atomic mass is 15.0. The molecule has 0 saturated carbocycles. The van der Waals surface area contributed by atoms with Crippen LogP contribution >= 0.6 is 19.7 Å². The van der Waals surface area contributed by atoms with Crippen LogP contribution < -0.4 is 0 Å². The zero-order valence-electron chi connectivity index (χ0n) is 2.94. The maximum Gasteiger partial charge on any atom is 0.515 e. The molecule has 0 bridgehead atoms. The quantitative estimate of drug-likeness (QED) is 0.343. The van der Waals surface area contributed by atoms with Crippen LogP contribution in [0.4, 0.5) is 0 Å². The van der Waals surface area contributed by atoms with Crippen molar-refractivity contribution in [3.63, 3.8) is 0 Å². The van der Waals surface area contributed by atoms with E-state index in [0.29, 0.717) is 0 Å². The summed E-state index contributed by atoms with van der Waals surface area (Å²) in [5, 5.41) is 7.37. The summed E-state index contributed by atoms with van der Waals surface area (Å²) in [5.74, 6) is 0. The molecule has 0 amide bonds. The summed E-state index contributed by atoms with van der Waals surface area (Å²) in [7, 11) is -4.33. The first kappa shape index (κ1) is 7.36. The zero-order chi connectivity index (χ0) is 5.91. The fourth-order valence-electron chi connectivity index (χ4n) is 0.0126. The van der Waals surface area contributed by atoms with Gasteiger partial charge in [-0.25, -0.2) is 9.82 Å². The Morgan fingerprint density at radius 1 is 1.71 bits per heavy atom. The van der Waals surface area contributed by atoms with E-state index in [1.807, 2.05) is 0 Å². The summed E-state index contributed by atoms with van der Waals surface area (Å²) in [6.07, 6.45) is 0. The Labute approximate surface area is 44.1 Å². The number of rotatable bonds is 2. The van der Waals surface area contributed by atoms with Gasteiger partial charge in [0.2, 0.25) is 0 Å². The number of halogens is 1. The molecule has 7 heteroatoms. The fourth-order valence-corrected chi connectivity index (χ4v) is 0.113. The van der Waals surface area contributed by atoms with E-state index in [0.717, 1.165) is 0 Å². The van der Waals surface area contributed by atoms with Gasteiger partial charge in [0.25, 0.3) is 0 Å². The Morgan fingerprint density at radius 3 is 2.14 bits per heavy atom. The van der Waals surface area contributed by atoms with Gasteiger partial charge in [-0.1, -0.05) is 0 Å². The Bertz CT molecular complexity index is 80.1. The van der Waals surface area contributed by atoms with Gasteiger partial charge in [0.1, 0.15) is 0 Å². The third kappa shape index (κ3) is 2.99. The topological polar surface area (TPSA) is 76.0 Å². The average Bonchev–Trinajstić information content (AvgIpc) is 1.68. The Morgan fingerprint density at radius 2 is 2.14 bits per heavy atom. The maximum atomic E-state index is 9.68. The highest BCUT2D eigenvalue weighted by molar-refractivity contribution is 7.48. The van der Waals surface area contributed by atoms with Gasteiger partial charge in [-0.3, -0.25) is 0 Å². The van der Waals surface area contributed by atoms with Gasteiger partial charge >= 0.3 is 7.82 Å². The molecule has 0 spiro atoms. The predicted octanol–water partition coefficient (Wildman–Crippen LogP) is 0.747. The van der Waals surface area contributed by atoms with Gasteiger partial charge < -0.3 is 4.89 Å². The molecule has 0 heterocycles. The maximum absolute atomic E-state index is 9.68. The number of hydrogen-bond donors (Lipinski definition) is 2. The molecule has 0 radical (unpaired) electrons. The van der Waals surface area contributed by atoms with E-state index in [2.05, 4.69) is 20.6 Å². The SMILES string of the molecule is O=P(O)(OO)OCl. The van der Waals surface area contributed by atoms with Crippen LogP contribution in [0.15, 0.2) is 0 Å². The van der Waals surface area contributed by atoms with Gasteiger partial charge in [0, 0.05) is 0 Å². The third-order valence-electron chi connectivity index (χ3n) is 0.190. The monoisotopic (exact) mass is 148 g/mol. The first-order valence-corrected chi connectivity index (χ1v) is 2.89. The summed E-state index contributed by atoms with van der Waals surface area (Å²) in [5.41, 5.74) is 0. The molecular formula is H2ClO5P. The van der Waals surface area contributed by atoms with Crippen molar-refractivity contribution in [2.45, 2.75) is 0 Å². The summed E-state index contributed by atoms with van der Waals surface area (Å²) >= 11 is 4.30. The van der Waals surface area contributed by atoms with Gasteiger partial charge in [-0.05, 0) is 0 Å². The molecule has 0 aromatic carbocycles. The van der Waals surface area contributed by atoms with Crippen LogP contribution in [0.2, 0.25) is 0 Å². The van der Waals surface area contributed by atoms with E-state index >= 15 is 0 Å². The summed E-state index contributed by atoms with van der Waals surface area (Å²) < 4.78 is 15.7. The number of hydrogen-bond acceptors (Lipinski definition) is 4. The lowest BCUT2D eigenvalue weighted by molar-refractivity contribution is -0.156. The van der Waals surface area contributed by atoms with E-state index in [4.69, 9.17) is 10.2 Å². The van der Waals surface area contributed by atoms with Crippen LogP contribution in [0, 0.1) is 0 Å². The minimum Gasteiger partial charge on any atom is -0.300 e. The molecule has 1 unspecified atom stereocenters. The molecule has 0 saturated heterocycles. The van der Waals surface area contributed by atoms with Crippen LogP contribution in [0.1, 0.15) is 0 Å². The standard InChI is InChI=1S/ClH2O5P/c1-5-7(3,4)6-2/h2H,(H,3,4). The lowest BCUT2D eigenvalue weighted by Crippen LogP contribution is -1.79. The minimum absolute atomic E-state index is 2.84. The molecule has 5 nitrogen and oxygen atoms in total. The van der Waals surface area contributed by atoms with Crippen molar-refractivity contribution in [2.75, 3.05) is 0 Å². The molecule has 0 aromatic rings. The normalized spacial score (nSPS) is 18.7. The first-order valence-electron chi connectivity index (χ1n) is 1.08. The summed E-state index contributed by atoms with van der Waals surface area (Å²) in [4.78, 5) is 7.86. The van der Waals surface area contributed by atoms with E-state index in [1.165, 1.54) is 0 Å². The first-order chi connectivity index (χ1) is 3.12. The molecule has 0 aromatic heterocycles. The van der Waals surface area contributed by atoms with Crippen molar-refractivity contribution in [2.24, 2.45) is 0 Å². The van der Waals surface area contributed by atoms with Gasteiger partial charge in [0.15, 0.2) is 0 Å². The molecule has 0 fully saturated rings. The fraction of sp³-hybridized carbons (Fsp3) is 0. The molecule has 0 aliphatic rings. The molecule has 7 heavy (non-hydrogen) atoms. The molecular weight excluding hydrogens is 146 g/mol. The Kier molecular flexibility index (Phi) is 2.75. The Balaban J connectivity index is 3.61. The zero-order valence-corrected chi connectivity index (χ0v) is 4.59. The van der Waals surface area contributed by atoms with Crippen molar-refractivity contribution in [3.8, 4) is 0 Å². The molecule has 44 valence electrons. The van der Waals surface area contributed by atoms with Crippen LogP contribution in [0.25, 0.3) is 0 Å². The van der Waals surface area contributed by atoms with E-state index in [-0.39, 0.29) is 0 Å². The highest BCUT2D eigenvalue weighted by Gasteiger charge is 2.19. The van der Waals surface area contributed by atoms with Gasteiger partial charge in [-0.2, -0.15) is 4.08 Å². The smallest absolute Gasteiger partial charge is 0.300 e. The van der Waals surface area contributed by atoms with Crippen molar-refractivity contribution in [1.29, 1.82) is 0 Å². The molecule has 2 N–H and O–H groups in total. The highest BCUT2D eigenvalue weighted by atomic mass is 35.5. The lowest BCUT2D eigenvalue weighted by Gasteiger charge is -1.95. The second kappa shape index (κ2) is 2.61. The van der Waals surface area contributed by atoms with Crippen molar-refractivity contribution < 1.29 is 23.5 Å². The van der Waals surface area contributed by atoms with Crippen molar-refractivity contribution >= 4 is 19.7 Å². The Hall–Kier alpha value is 0.360. The highest BCUT2D eigenvalue weighted by Crippen LogP contribution is 2.42. The molecule has 0 rings (SSSR count). The largest absolute Gasteiger partial charge is 0.515 e. The second-order valence-electron chi connectivity index (χ2n) is 0.619. The van der Waals surface area contributed by atoms with Crippen molar-refractivity contribution in [3.05, 3.63) is 0 Å². The molecule has 0 aliphatic carbocycles.